The Hall–Kier alpha value is -3.96. The van der Waals surface area contributed by atoms with E-state index >= 15 is 0 Å². The predicted octanol–water partition coefficient (Wildman–Crippen LogP) is 2.05. The number of fused-ring (bicyclic) bond motifs is 1. The Morgan fingerprint density at radius 1 is 0.851 bits per heavy atom. The van der Waals surface area contributed by atoms with E-state index in [4.69, 9.17) is 4.74 Å². The van der Waals surface area contributed by atoms with E-state index in [2.05, 4.69) is 16.0 Å². The lowest BCUT2D eigenvalue weighted by Gasteiger charge is -2.35. The molecule has 1 aromatic carbocycles. The van der Waals surface area contributed by atoms with E-state index in [1.54, 1.807) is 13.8 Å². The minimum Gasteiger partial charge on any atom is -0.452 e. The Morgan fingerprint density at radius 3 is 2.11 bits per heavy atom. The van der Waals surface area contributed by atoms with Crippen LogP contribution in [0.4, 0.5) is 0 Å². The van der Waals surface area contributed by atoms with Crippen molar-refractivity contribution in [3.63, 3.8) is 0 Å². The molecule has 12 heteroatoms. The van der Waals surface area contributed by atoms with E-state index < -0.39 is 65.8 Å². The largest absolute Gasteiger partial charge is 0.452 e. The maximum Gasteiger partial charge on any atom is 0.308 e. The lowest BCUT2D eigenvalue weighted by Crippen LogP contribution is -2.61. The molecule has 12 nitrogen and oxygen atoms in total. The summed E-state index contributed by atoms with van der Waals surface area (Å²) in [7, 11) is 1.52. The second-order valence-electron chi connectivity index (χ2n) is 14.0. The lowest BCUT2D eigenvalue weighted by atomic mass is 9.96. The number of amides is 5. The van der Waals surface area contributed by atoms with Gasteiger partial charge in [0.15, 0.2) is 6.10 Å². The quantitative estimate of drug-likeness (QED) is 0.397. The number of nitrogens with zero attached hydrogens (tertiary/aromatic N) is 2. The zero-order valence-electron chi connectivity index (χ0n) is 29.1. The van der Waals surface area contributed by atoms with Crippen LogP contribution in [-0.2, 0) is 39.9 Å². The van der Waals surface area contributed by atoms with Crippen molar-refractivity contribution in [2.45, 2.75) is 104 Å². The Kier molecular flexibility index (Phi) is 13.4. The molecule has 1 aromatic rings. The second-order valence-corrected chi connectivity index (χ2v) is 14.0. The van der Waals surface area contributed by atoms with Crippen molar-refractivity contribution in [1.29, 1.82) is 0 Å². The van der Waals surface area contributed by atoms with Gasteiger partial charge in [-0.25, -0.2) is 0 Å². The van der Waals surface area contributed by atoms with Gasteiger partial charge in [-0.2, -0.15) is 0 Å². The molecule has 47 heavy (non-hydrogen) atoms. The zero-order chi connectivity index (χ0) is 35.0. The summed E-state index contributed by atoms with van der Waals surface area (Å²) in [5, 5.41) is 8.50. The molecule has 0 aromatic heterocycles. The molecule has 3 rings (SSSR count). The highest BCUT2D eigenvalue weighted by Gasteiger charge is 2.44. The van der Waals surface area contributed by atoms with E-state index in [1.807, 2.05) is 65.0 Å². The SMILES string of the molecule is CC(C)CC1OC(=O)CCNC(=O)C(C(C)C)N(C)C(=O)C(C(C)C)NC(=O)C(Cc2ccccc2)NC(=O)C2C(C)CCN2C1=O. The number of ether oxygens (including phenoxy) is 1. The molecule has 260 valence electrons. The highest BCUT2D eigenvalue weighted by atomic mass is 16.5. The molecule has 3 N–H and O–H groups in total. The molecular weight excluding hydrogens is 602 g/mol. The van der Waals surface area contributed by atoms with Gasteiger partial charge in [-0.15, -0.1) is 0 Å². The van der Waals surface area contributed by atoms with Crippen molar-refractivity contribution in [1.82, 2.24) is 25.8 Å². The summed E-state index contributed by atoms with van der Waals surface area (Å²) < 4.78 is 5.68. The summed E-state index contributed by atoms with van der Waals surface area (Å²) in [5.74, 6) is -3.91. The van der Waals surface area contributed by atoms with Gasteiger partial charge < -0.3 is 30.5 Å². The normalized spacial score (nSPS) is 27.6. The number of nitrogens with one attached hydrogen (secondary N) is 3. The van der Waals surface area contributed by atoms with E-state index in [0.717, 1.165) is 5.56 Å². The summed E-state index contributed by atoms with van der Waals surface area (Å²) in [4.78, 5) is 84.9. The number of likely N-dealkylation sites (N-methyl/N-ethyl adjacent to an activating group) is 1. The molecule has 0 aliphatic carbocycles. The third-order valence-corrected chi connectivity index (χ3v) is 8.93. The number of benzene rings is 1. The molecule has 5 amide bonds. The van der Waals surface area contributed by atoms with Crippen LogP contribution in [0, 0.1) is 23.7 Å². The van der Waals surface area contributed by atoms with Gasteiger partial charge in [0, 0.05) is 26.6 Å². The van der Waals surface area contributed by atoms with Gasteiger partial charge in [-0.3, -0.25) is 28.8 Å². The van der Waals surface area contributed by atoms with Crippen LogP contribution in [0.25, 0.3) is 0 Å². The third kappa shape index (κ3) is 9.77. The summed E-state index contributed by atoms with van der Waals surface area (Å²) >= 11 is 0. The summed E-state index contributed by atoms with van der Waals surface area (Å²) in [6.45, 7) is 13.1. The highest BCUT2D eigenvalue weighted by Crippen LogP contribution is 2.27. The first-order valence-corrected chi connectivity index (χ1v) is 16.8. The van der Waals surface area contributed by atoms with Gasteiger partial charge in [-0.1, -0.05) is 78.8 Å². The van der Waals surface area contributed by atoms with Crippen LogP contribution in [0.5, 0.6) is 0 Å². The van der Waals surface area contributed by atoms with Gasteiger partial charge in [-0.05, 0) is 42.1 Å². The number of hydrogen-bond acceptors (Lipinski definition) is 7. The molecule has 2 saturated heterocycles. The molecule has 2 aliphatic heterocycles. The average molecular weight is 656 g/mol. The fourth-order valence-corrected chi connectivity index (χ4v) is 6.38. The predicted molar refractivity (Wildman–Crippen MR) is 176 cm³/mol. The van der Waals surface area contributed by atoms with Gasteiger partial charge in [0.2, 0.25) is 23.6 Å². The monoisotopic (exact) mass is 655 g/mol. The smallest absolute Gasteiger partial charge is 0.308 e. The van der Waals surface area contributed by atoms with E-state index in [9.17, 15) is 28.8 Å². The first-order chi connectivity index (χ1) is 22.1. The second kappa shape index (κ2) is 16.7. The number of esters is 1. The standard InChI is InChI=1S/C35H53N5O7/c1-20(2)18-26-34(45)40-17-15-23(7)30(40)33(44)37-25(19-24-12-10-9-11-13-24)31(42)38-28(21(3)4)35(46)39(8)29(22(5)6)32(43)36-16-14-27(41)47-26/h9-13,20-23,25-26,28-30H,14-19H2,1-8H3,(H,36,43)(H,37,44)(H,38,42). The minimum atomic E-state index is -1.11. The molecule has 0 radical (unpaired) electrons. The van der Waals surface area contributed by atoms with Crippen LogP contribution in [0.3, 0.4) is 0 Å². The van der Waals surface area contributed by atoms with Crippen LogP contribution in [0.1, 0.15) is 73.3 Å². The van der Waals surface area contributed by atoms with E-state index in [1.165, 1.54) is 16.8 Å². The van der Waals surface area contributed by atoms with Crippen molar-refractivity contribution < 1.29 is 33.5 Å². The van der Waals surface area contributed by atoms with Crippen LogP contribution < -0.4 is 16.0 Å². The van der Waals surface area contributed by atoms with Crippen molar-refractivity contribution in [2.24, 2.45) is 23.7 Å². The molecule has 2 aliphatic rings. The highest BCUT2D eigenvalue weighted by molar-refractivity contribution is 5.96. The molecular formula is C35H53N5O7. The molecule has 0 spiro atoms. The number of rotatable bonds is 6. The minimum absolute atomic E-state index is 0.0121. The average Bonchev–Trinajstić information content (AvgIpc) is 3.39. The van der Waals surface area contributed by atoms with E-state index in [0.29, 0.717) is 13.0 Å². The van der Waals surface area contributed by atoms with Crippen molar-refractivity contribution in [2.75, 3.05) is 20.1 Å². The summed E-state index contributed by atoms with van der Waals surface area (Å²) in [6.07, 6.45) is -0.326. The molecule has 6 atom stereocenters. The Labute approximate surface area is 278 Å². The van der Waals surface area contributed by atoms with E-state index in [-0.39, 0.29) is 49.5 Å². The number of carbonyl (C=O) groups is 6. The Bertz CT molecular complexity index is 1280. The zero-order valence-corrected chi connectivity index (χ0v) is 29.1. The molecule has 2 heterocycles. The summed E-state index contributed by atoms with van der Waals surface area (Å²) in [6, 6.07) is 5.38. The van der Waals surface area contributed by atoms with Crippen molar-refractivity contribution in [3.05, 3.63) is 35.9 Å². The van der Waals surface area contributed by atoms with Gasteiger partial charge in [0.25, 0.3) is 5.91 Å². The van der Waals surface area contributed by atoms with Crippen LogP contribution in [0.2, 0.25) is 0 Å². The van der Waals surface area contributed by atoms with Gasteiger partial charge >= 0.3 is 5.97 Å². The van der Waals surface area contributed by atoms with Crippen LogP contribution >= 0.6 is 0 Å². The topological polar surface area (TPSA) is 154 Å². The Balaban J connectivity index is 2.06. The van der Waals surface area contributed by atoms with Crippen LogP contribution in [0.15, 0.2) is 30.3 Å². The summed E-state index contributed by atoms with van der Waals surface area (Å²) in [5.41, 5.74) is 0.795. The number of cyclic esters (lactones) is 1. The lowest BCUT2D eigenvalue weighted by molar-refractivity contribution is -0.162. The molecule has 0 saturated carbocycles. The molecule has 2 fully saturated rings. The Morgan fingerprint density at radius 2 is 1.51 bits per heavy atom. The van der Waals surface area contributed by atoms with Crippen molar-refractivity contribution >= 4 is 35.5 Å². The first-order valence-electron chi connectivity index (χ1n) is 16.8. The van der Waals surface area contributed by atoms with Gasteiger partial charge in [0.1, 0.15) is 24.2 Å². The molecule has 0 bridgehead atoms. The van der Waals surface area contributed by atoms with Crippen LogP contribution in [-0.4, -0.2) is 95.7 Å². The number of carbonyl (C=O) groups excluding carboxylic acids is 6. The third-order valence-electron chi connectivity index (χ3n) is 8.93. The number of hydrogen-bond donors (Lipinski definition) is 3. The maximum absolute atomic E-state index is 14.0. The van der Waals surface area contributed by atoms with Crippen molar-refractivity contribution in [3.8, 4) is 0 Å². The fourth-order valence-electron chi connectivity index (χ4n) is 6.38. The first kappa shape index (κ1) is 37.5. The fraction of sp³-hybridized carbons (Fsp3) is 0.657. The van der Waals surface area contributed by atoms with Gasteiger partial charge in [0.05, 0.1) is 6.42 Å². The maximum atomic E-state index is 14.0. The molecule has 6 unspecified atom stereocenters.